The van der Waals surface area contributed by atoms with Crippen molar-refractivity contribution in [1.82, 2.24) is 0 Å². The van der Waals surface area contributed by atoms with Crippen LogP contribution in [-0.4, -0.2) is 15.7 Å². The van der Waals surface area contributed by atoms with Crippen molar-refractivity contribution in [3.05, 3.63) is 118 Å². The van der Waals surface area contributed by atoms with Crippen molar-refractivity contribution in [2.45, 2.75) is 6.61 Å². The van der Waals surface area contributed by atoms with E-state index in [4.69, 9.17) is 4.99 Å². The third-order valence-electron chi connectivity index (χ3n) is 5.49. The van der Waals surface area contributed by atoms with Gasteiger partial charge in [0.2, 0.25) is 0 Å². The number of rotatable bonds is 4. The minimum atomic E-state index is -0.413. The number of hydrogen-bond donors (Lipinski definition) is 1. The molecule has 0 fully saturated rings. The molecule has 0 amide bonds. The average molecular weight is 406 g/mol. The highest BCUT2D eigenvalue weighted by Gasteiger charge is 2.27. The second-order valence-corrected chi connectivity index (χ2v) is 7.37. The van der Waals surface area contributed by atoms with Crippen LogP contribution in [0.1, 0.15) is 16.7 Å². The zero-order valence-corrected chi connectivity index (χ0v) is 16.5. The molecular formula is C26H18N2O3. The number of non-ortho nitro benzene ring substituents is 1. The fourth-order valence-corrected chi connectivity index (χ4v) is 4.07. The zero-order valence-electron chi connectivity index (χ0n) is 16.5. The van der Waals surface area contributed by atoms with E-state index in [1.54, 1.807) is 12.1 Å². The largest absolute Gasteiger partial charge is 0.392 e. The first-order chi connectivity index (χ1) is 15.2. The van der Waals surface area contributed by atoms with Crippen molar-refractivity contribution >= 4 is 17.1 Å². The first kappa shape index (κ1) is 18.9. The standard InChI is InChI=1S/C26H18N2O3/c29-16-17-5-3-6-18(15-17)21-9-4-10-24-25(21)22-7-1-2-8-23(22)26(24)27-19-11-13-20(14-12-19)28(30)31/h1-15,29H,16H2. The molecule has 1 aliphatic rings. The first-order valence-electron chi connectivity index (χ1n) is 9.92. The topological polar surface area (TPSA) is 75.7 Å². The van der Waals surface area contributed by atoms with E-state index < -0.39 is 4.92 Å². The Hall–Kier alpha value is -4.09. The second-order valence-electron chi connectivity index (χ2n) is 7.37. The molecule has 0 aromatic heterocycles. The molecule has 0 spiro atoms. The Balaban J connectivity index is 1.70. The van der Waals surface area contributed by atoms with E-state index in [0.717, 1.165) is 44.7 Å². The average Bonchev–Trinajstić information content (AvgIpc) is 3.13. The summed E-state index contributed by atoms with van der Waals surface area (Å²) in [6, 6.07) is 28.5. The maximum atomic E-state index is 11.0. The summed E-state index contributed by atoms with van der Waals surface area (Å²) in [7, 11) is 0. The Morgan fingerprint density at radius 1 is 0.774 bits per heavy atom. The Morgan fingerprint density at radius 3 is 2.19 bits per heavy atom. The fourth-order valence-electron chi connectivity index (χ4n) is 4.07. The predicted molar refractivity (Wildman–Crippen MR) is 122 cm³/mol. The van der Waals surface area contributed by atoms with Crippen molar-refractivity contribution in [1.29, 1.82) is 0 Å². The lowest BCUT2D eigenvalue weighted by Crippen LogP contribution is -1.97. The van der Waals surface area contributed by atoms with E-state index in [9.17, 15) is 15.2 Å². The van der Waals surface area contributed by atoms with Crippen LogP contribution in [-0.2, 0) is 6.61 Å². The lowest BCUT2D eigenvalue weighted by Gasteiger charge is -2.11. The van der Waals surface area contributed by atoms with Gasteiger partial charge in [0, 0.05) is 23.3 Å². The Kier molecular flexibility index (Phi) is 4.65. The maximum Gasteiger partial charge on any atom is 0.269 e. The summed E-state index contributed by atoms with van der Waals surface area (Å²) in [6.45, 7) is -0.00764. The number of aliphatic hydroxyl groups is 1. The summed E-state index contributed by atoms with van der Waals surface area (Å²) in [5, 5.41) is 20.5. The summed E-state index contributed by atoms with van der Waals surface area (Å²) < 4.78 is 0. The van der Waals surface area contributed by atoms with Gasteiger partial charge in [-0.05, 0) is 46.0 Å². The smallest absolute Gasteiger partial charge is 0.269 e. The summed E-state index contributed by atoms with van der Waals surface area (Å²) in [6.07, 6.45) is 0. The van der Waals surface area contributed by atoms with Crippen molar-refractivity contribution in [3.63, 3.8) is 0 Å². The lowest BCUT2D eigenvalue weighted by molar-refractivity contribution is -0.384. The summed E-state index contributed by atoms with van der Waals surface area (Å²) in [5.41, 5.74) is 8.79. The summed E-state index contributed by atoms with van der Waals surface area (Å²) in [5.74, 6) is 0. The normalized spacial score (nSPS) is 13.1. The monoisotopic (exact) mass is 406 g/mol. The third-order valence-corrected chi connectivity index (χ3v) is 5.49. The van der Waals surface area contributed by atoms with Gasteiger partial charge in [0.25, 0.3) is 5.69 Å². The Bertz CT molecular complexity index is 1340. The lowest BCUT2D eigenvalue weighted by atomic mass is 9.93. The Labute approximate surface area is 179 Å². The molecule has 0 saturated heterocycles. The molecule has 0 atom stereocenters. The number of hydrogen-bond acceptors (Lipinski definition) is 4. The van der Waals surface area contributed by atoms with Gasteiger partial charge in [-0.1, -0.05) is 60.7 Å². The number of benzene rings is 4. The van der Waals surface area contributed by atoms with Gasteiger partial charge in [-0.15, -0.1) is 0 Å². The van der Waals surface area contributed by atoms with Gasteiger partial charge in [-0.25, -0.2) is 4.99 Å². The highest BCUT2D eigenvalue weighted by Crippen LogP contribution is 2.44. The van der Waals surface area contributed by atoms with Crippen LogP contribution in [0.5, 0.6) is 0 Å². The van der Waals surface area contributed by atoms with E-state index in [2.05, 4.69) is 18.2 Å². The highest BCUT2D eigenvalue weighted by atomic mass is 16.6. The molecule has 5 rings (SSSR count). The quantitative estimate of drug-likeness (QED) is 0.298. The molecule has 4 aromatic rings. The molecule has 1 aliphatic carbocycles. The van der Waals surface area contributed by atoms with Crippen molar-refractivity contribution in [2.24, 2.45) is 4.99 Å². The van der Waals surface area contributed by atoms with Crippen LogP contribution in [0.15, 0.2) is 96.0 Å². The van der Waals surface area contributed by atoms with Gasteiger partial charge in [-0.3, -0.25) is 10.1 Å². The van der Waals surface area contributed by atoms with Crippen LogP contribution in [0.25, 0.3) is 22.3 Å². The van der Waals surface area contributed by atoms with Crippen LogP contribution in [0, 0.1) is 10.1 Å². The van der Waals surface area contributed by atoms with Gasteiger partial charge < -0.3 is 5.11 Å². The number of fused-ring (bicyclic) bond motifs is 3. The SMILES string of the molecule is O=[N+]([O-])c1ccc(N=C2c3ccccc3-c3c2cccc3-c2cccc(CO)c2)cc1. The minimum absolute atomic E-state index is 0.00764. The van der Waals surface area contributed by atoms with E-state index in [0.29, 0.717) is 5.69 Å². The number of aliphatic hydroxyl groups excluding tert-OH is 1. The zero-order chi connectivity index (χ0) is 21.4. The Morgan fingerprint density at radius 2 is 1.45 bits per heavy atom. The predicted octanol–water partition coefficient (Wildman–Crippen LogP) is 5.90. The molecule has 0 saturated carbocycles. The van der Waals surface area contributed by atoms with Crippen LogP contribution in [0.3, 0.4) is 0 Å². The molecule has 31 heavy (non-hydrogen) atoms. The molecule has 0 bridgehead atoms. The van der Waals surface area contributed by atoms with Crippen LogP contribution in [0.2, 0.25) is 0 Å². The van der Waals surface area contributed by atoms with Gasteiger partial charge in [0.05, 0.1) is 22.9 Å². The van der Waals surface area contributed by atoms with Crippen LogP contribution in [0.4, 0.5) is 11.4 Å². The molecule has 1 N–H and O–H groups in total. The molecule has 0 radical (unpaired) electrons. The molecule has 0 aliphatic heterocycles. The van der Waals surface area contributed by atoms with E-state index in [1.807, 2.05) is 48.5 Å². The van der Waals surface area contributed by atoms with E-state index in [-0.39, 0.29) is 12.3 Å². The number of nitro groups is 1. The van der Waals surface area contributed by atoms with Gasteiger partial charge in [0.1, 0.15) is 0 Å². The summed E-state index contributed by atoms with van der Waals surface area (Å²) in [4.78, 5) is 15.4. The van der Waals surface area contributed by atoms with Gasteiger partial charge >= 0.3 is 0 Å². The third kappa shape index (κ3) is 3.31. The first-order valence-corrected chi connectivity index (χ1v) is 9.92. The van der Waals surface area contributed by atoms with E-state index >= 15 is 0 Å². The summed E-state index contributed by atoms with van der Waals surface area (Å²) >= 11 is 0. The number of aliphatic imine (C=N–C) groups is 1. The molecule has 150 valence electrons. The fraction of sp³-hybridized carbons (Fsp3) is 0.0385. The highest BCUT2D eigenvalue weighted by molar-refractivity contribution is 6.26. The van der Waals surface area contributed by atoms with Crippen molar-refractivity contribution < 1.29 is 10.0 Å². The van der Waals surface area contributed by atoms with Crippen LogP contribution >= 0.6 is 0 Å². The van der Waals surface area contributed by atoms with Gasteiger partial charge in [-0.2, -0.15) is 0 Å². The molecule has 0 heterocycles. The van der Waals surface area contributed by atoms with Gasteiger partial charge in [0.15, 0.2) is 0 Å². The number of nitrogens with zero attached hydrogens (tertiary/aromatic N) is 2. The molecule has 4 aromatic carbocycles. The molecule has 0 unspecified atom stereocenters. The molecule has 5 heteroatoms. The maximum absolute atomic E-state index is 11.0. The molecule has 5 nitrogen and oxygen atoms in total. The molecular weight excluding hydrogens is 388 g/mol. The minimum Gasteiger partial charge on any atom is -0.392 e. The van der Waals surface area contributed by atoms with Crippen LogP contribution < -0.4 is 0 Å². The van der Waals surface area contributed by atoms with Crippen molar-refractivity contribution in [3.8, 4) is 22.3 Å². The van der Waals surface area contributed by atoms with Crippen molar-refractivity contribution in [2.75, 3.05) is 0 Å². The van der Waals surface area contributed by atoms with E-state index in [1.165, 1.54) is 12.1 Å². The number of nitro benzene ring substituents is 1. The second kappa shape index (κ2) is 7.63.